The van der Waals surface area contributed by atoms with Crippen LogP contribution in [-0.2, 0) is 14.3 Å². The van der Waals surface area contributed by atoms with Crippen molar-refractivity contribution in [2.75, 3.05) is 46.4 Å². The van der Waals surface area contributed by atoms with Crippen molar-refractivity contribution < 1.29 is 14.3 Å². The van der Waals surface area contributed by atoms with Crippen LogP contribution in [0.15, 0.2) is 23.9 Å². The minimum Gasteiger partial charge on any atom is -0.376 e. The first-order chi connectivity index (χ1) is 13.5. The molecule has 2 fully saturated rings. The Kier molecular flexibility index (Phi) is 5.65. The Balaban J connectivity index is 1.73. The smallest absolute Gasteiger partial charge is 0.277 e. The summed E-state index contributed by atoms with van der Waals surface area (Å²) in [7, 11) is 2.05. The number of amides is 2. The van der Waals surface area contributed by atoms with Crippen LogP contribution in [0.25, 0.3) is 5.57 Å². The van der Waals surface area contributed by atoms with Gasteiger partial charge in [0, 0.05) is 43.4 Å². The highest BCUT2D eigenvalue weighted by Gasteiger charge is 2.43. The summed E-state index contributed by atoms with van der Waals surface area (Å²) in [6, 6.07) is 5.02. The molecule has 0 bridgehead atoms. The normalized spacial score (nSPS) is 24.0. The van der Waals surface area contributed by atoms with E-state index in [1.807, 2.05) is 11.9 Å². The van der Waals surface area contributed by atoms with Gasteiger partial charge in [-0.25, -0.2) is 0 Å². The topological polar surface area (TPSA) is 53.1 Å². The molecule has 0 radical (unpaired) electrons. The van der Waals surface area contributed by atoms with Crippen LogP contribution in [-0.4, -0.2) is 79.0 Å². The van der Waals surface area contributed by atoms with Crippen LogP contribution >= 0.6 is 23.2 Å². The van der Waals surface area contributed by atoms with Crippen LogP contribution in [0.4, 0.5) is 0 Å². The van der Waals surface area contributed by atoms with Crippen LogP contribution < -0.4 is 0 Å². The highest BCUT2D eigenvalue weighted by Crippen LogP contribution is 2.37. The first kappa shape index (κ1) is 19.7. The van der Waals surface area contributed by atoms with Gasteiger partial charge in [-0.3, -0.25) is 14.5 Å². The van der Waals surface area contributed by atoms with Crippen LogP contribution in [0.5, 0.6) is 0 Å². The molecular formula is C20H23Cl2N3O3. The van der Waals surface area contributed by atoms with E-state index in [0.717, 1.165) is 25.9 Å². The van der Waals surface area contributed by atoms with Crippen molar-refractivity contribution in [1.29, 1.82) is 0 Å². The lowest BCUT2D eigenvalue weighted by Crippen LogP contribution is -2.46. The van der Waals surface area contributed by atoms with E-state index in [1.165, 1.54) is 4.90 Å². The molecule has 0 spiro atoms. The summed E-state index contributed by atoms with van der Waals surface area (Å²) in [5.41, 5.74) is 1.36. The zero-order valence-corrected chi connectivity index (χ0v) is 17.3. The molecule has 0 aromatic heterocycles. The third-order valence-electron chi connectivity index (χ3n) is 5.57. The summed E-state index contributed by atoms with van der Waals surface area (Å²) in [6.07, 6.45) is 1.72. The molecule has 150 valence electrons. The summed E-state index contributed by atoms with van der Waals surface area (Å²) < 4.78 is 5.66. The number of carbonyl (C=O) groups is 2. The molecule has 0 N–H and O–H groups in total. The molecule has 1 aromatic rings. The molecule has 2 amide bonds. The van der Waals surface area contributed by atoms with Crippen LogP contribution in [0.3, 0.4) is 0 Å². The molecule has 4 rings (SSSR count). The molecule has 6 nitrogen and oxygen atoms in total. The SMILES string of the molecule is CN1CCN(C2=C(c3ccc(Cl)cc3Cl)C(=O)N(CC3CCCO3)C2=O)CC1. The van der Waals surface area contributed by atoms with Crippen molar-refractivity contribution in [1.82, 2.24) is 14.7 Å². The second-order valence-corrected chi connectivity index (χ2v) is 8.34. The van der Waals surface area contributed by atoms with Gasteiger partial charge in [0.2, 0.25) is 0 Å². The van der Waals surface area contributed by atoms with Crippen molar-refractivity contribution >= 4 is 40.6 Å². The Morgan fingerprint density at radius 1 is 1.11 bits per heavy atom. The molecule has 3 aliphatic rings. The minimum atomic E-state index is -0.307. The monoisotopic (exact) mass is 423 g/mol. The Hall–Kier alpha value is -1.60. The van der Waals surface area contributed by atoms with Crippen molar-refractivity contribution in [3.8, 4) is 0 Å². The predicted octanol–water partition coefficient (Wildman–Crippen LogP) is 2.50. The molecule has 0 saturated carbocycles. The number of hydrogen-bond donors (Lipinski definition) is 0. The first-order valence-electron chi connectivity index (χ1n) is 9.56. The number of rotatable bonds is 4. The quantitative estimate of drug-likeness (QED) is 0.696. The van der Waals surface area contributed by atoms with E-state index in [2.05, 4.69) is 4.90 Å². The van der Waals surface area contributed by atoms with E-state index in [9.17, 15) is 9.59 Å². The average Bonchev–Trinajstić information content (AvgIpc) is 3.25. The predicted molar refractivity (Wildman–Crippen MR) is 108 cm³/mol. The molecule has 1 aromatic carbocycles. The molecule has 0 aliphatic carbocycles. The fourth-order valence-electron chi connectivity index (χ4n) is 3.98. The van der Waals surface area contributed by atoms with Crippen molar-refractivity contribution in [2.24, 2.45) is 0 Å². The number of halogens is 2. The summed E-state index contributed by atoms with van der Waals surface area (Å²) in [5, 5.41) is 0.859. The highest BCUT2D eigenvalue weighted by atomic mass is 35.5. The number of benzene rings is 1. The van der Waals surface area contributed by atoms with Crippen LogP contribution in [0.2, 0.25) is 10.0 Å². The molecular weight excluding hydrogens is 401 g/mol. The first-order valence-corrected chi connectivity index (χ1v) is 10.3. The van der Waals surface area contributed by atoms with Gasteiger partial charge in [0.05, 0.1) is 23.2 Å². The summed E-state index contributed by atoms with van der Waals surface area (Å²) >= 11 is 12.5. The maximum Gasteiger partial charge on any atom is 0.277 e. The van der Waals surface area contributed by atoms with E-state index in [4.69, 9.17) is 27.9 Å². The average molecular weight is 424 g/mol. The molecule has 28 heavy (non-hydrogen) atoms. The fourth-order valence-corrected chi connectivity index (χ4v) is 4.48. The van der Waals surface area contributed by atoms with Crippen molar-refractivity contribution in [3.05, 3.63) is 39.5 Å². The second kappa shape index (κ2) is 8.03. The summed E-state index contributed by atoms with van der Waals surface area (Å²) in [5.74, 6) is -0.565. The number of likely N-dealkylation sites (N-methyl/N-ethyl adjacent to an activating group) is 1. The number of hydrogen-bond acceptors (Lipinski definition) is 5. The van der Waals surface area contributed by atoms with Gasteiger partial charge in [-0.15, -0.1) is 0 Å². The maximum absolute atomic E-state index is 13.3. The fraction of sp³-hybridized carbons (Fsp3) is 0.500. The summed E-state index contributed by atoms with van der Waals surface area (Å²) in [4.78, 5) is 32.2. The number of imide groups is 1. The maximum atomic E-state index is 13.3. The van der Waals surface area contributed by atoms with E-state index in [-0.39, 0.29) is 24.5 Å². The van der Waals surface area contributed by atoms with Gasteiger partial charge >= 0.3 is 0 Å². The number of nitrogens with zero attached hydrogens (tertiary/aromatic N) is 3. The largest absolute Gasteiger partial charge is 0.376 e. The number of ether oxygens (including phenoxy) is 1. The zero-order valence-electron chi connectivity index (χ0n) is 15.8. The van der Waals surface area contributed by atoms with Gasteiger partial charge < -0.3 is 14.5 Å². The van der Waals surface area contributed by atoms with E-state index in [1.54, 1.807) is 18.2 Å². The number of carbonyl (C=O) groups excluding carboxylic acids is 2. The summed E-state index contributed by atoms with van der Waals surface area (Å²) in [6.45, 7) is 4.00. The van der Waals surface area contributed by atoms with Gasteiger partial charge in [0.15, 0.2) is 0 Å². The van der Waals surface area contributed by atoms with Crippen molar-refractivity contribution in [3.63, 3.8) is 0 Å². The Bertz CT molecular complexity index is 828. The van der Waals surface area contributed by atoms with Crippen molar-refractivity contribution in [2.45, 2.75) is 18.9 Å². The molecule has 1 atom stereocenters. The lowest BCUT2D eigenvalue weighted by molar-refractivity contribution is -0.139. The highest BCUT2D eigenvalue weighted by molar-refractivity contribution is 6.41. The van der Waals surface area contributed by atoms with Gasteiger partial charge in [-0.2, -0.15) is 0 Å². The number of piperazine rings is 1. The van der Waals surface area contributed by atoms with E-state index >= 15 is 0 Å². The zero-order chi connectivity index (χ0) is 19.8. The van der Waals surface area contributed by atoms with Crippen LogP contribution in [0, 0.1) is 0 Å². The third kappa shape index (κ3) is 3.66. The van der Waals surface area contributed by atoms with E-state index in [0.29, 0.717) is 46.6 Å². The molecule has 3 heterocycles. The molecule has 8 heteroatoms. The van der Waals surface area contributed by atoms with Gasteiger partial charge in [0.25, 0.3) is 11.8 Å². The Labute approximate surface area is 174 Å². The molecule has 3 aliphatic heterocycles. The lowest BCUT2D eigenvalue weighted by atomic mass is 10.0. The lowest BCUT2D eigenvalue weighted by Gasteiger charge is -2.34. The Morgan fingerprint density at radius 2 is 1.86 bits per heavy atom. The minimum absolute atomic E-state index is 0.0957. The van der Waals surface area contributed by atoms with Gasteiger partial charge in [-0.05, 0) is 32.0 Å². The van der Waals surface area contributed by atoms with E-state index < -0.39 is 0 Å². The molecule has 2 saturated heterocycles. The third-order valence-corrected chi connectivity index (χ3v) is 6.12. The van der Waals surface area contributed by atoms with Crippen LogP contribution in [0.1, 0.15) is 18.4 Å². The standard InChI is InChI=1S/C20H23Cl2N3O3/c1-23-6-8-24(9-7-23)18-17(15-5-4-13(21)11-16(15)22)19(26)25(20(18)27)12-14-3-2-10-28-14/h4-5,11,14H,2-3,6-10,12H2,1H3. The second-order valence-electron chi connectivity index (χ2n) is 7.49. The Morgan fingerprint density at radius 3 is 2.50 bits per heavy atom. The molecule has 1 unspecified atom stereocenters. The van der Waals surface area contributed by atoms with Gasteiger partial charge in [0.1, 0.15) is 5.70 Å². The van der Waals surface area contributed by atoms with Gasteiger partial charge in [-0.1, -0.05) is 29.3 Å².